The Hall–Kier alpha value is -2.17. The predicted octanol–water partition coefficient (Wildman–Crippen LogP) is 3.82. The minimum atomic E-state index is 0.0696. The molecule has 0 amide bonds. The first-order chi connectivity index (χ1) is 11.2. The van der Waals surface area contributed by atoms with Crippen LogP contribution in [0.4, 0.5) is 0 Å². The molecule has 0 aliphatic rings. The van der Waals surface area contributed by atoms with Crippen LogP contribution in [0.3, 0.4) is 0 Å². The van der Waals surface area contributed by atoms with Crippen molar-refractivity contribution >= 4 is 5.96 Å². The van der Waals surface area contributed by atoms with Crippen LogP contribution in [-0.2, 0) is 6.42 Å². The number of furan rings is 2. The molecular weight excluding hydrogens is 290 g/mol. The van der Waals surface area contributed by atoms with Crippen LogP contribution in [0, 0.1) is 6.92 Å². The predicted molar refractivity (Wildman–Crippen MR) is 92.6 cm³/mol. The SMILES string of the molecule is CCCCN=C(NCCc1ccco1)NC(C)c1ccc(C)o1. The van der Waals surface area contributed by atoms with E-state index in [0.29, 0.717) is 0 Å². The van der Waals surface area contributed by atoms with Gasteiger partial charge in [0.25, 0.3) is 0 Å². The van der Waals surface area contributed by atoms with E-state index in [1.54, 1.807) is 6.26 Å². The summed E-state index contributed by atoms with van der Waals surface area (Å²) in [5, 5.41) is 6.76. The molecule has 126 valence electrons. The monoisotopic (exact) mass is 317 g/mol. The van der Waals surface area contributed by atoms with Crippen LogP contribution >= 0.6 is 0 Å². The second-order valence-corrected chi connectivity index (χ2v) is 5.65. The van der Waals surface area contributed by atoms with Crippen LogP contribution in [-0.4, -0.2) is 19.0 Å². The molecule has 1 unspecified atom stereocenters. The fourth-order valence-corrected chi connectivity index (χ4v) is 2.22. The third-order valence-electron chi connectivity index (χ3n) is 3.57. The maximum atomic E-state index is 5.67. The normalized spacial score (nSPS) is 13.1. The molecule has 0 saturated carbocycles. The molecular formula is C18H27N3O2. The first kappa shape index (κ1) is 17.2. The molecule has 2 rings (SSSR count). The Balaban J connectivity index is 1.88. The van der Waals surface area contributed by atoms with Crippen LogP contribution < -0.4 is 10.6 Å². The van der Waals surface area contributed by atoms with Crippen LogP contribution in [0.2, 0.25) is 0 Å². The number of unbranched alkanes of at least 4 members (excludes halogenated alkanes) is 1. The zero-order valence-corrected chi connectivity index (χ0v) is 14.3. The van der Waals surface area contributed by atoms with Gasteiger partial charge in [-0.3, -0.25) is 4.99 Å². The van der Waals surface area contributed by atoms with Crippen molar-refractivity contribution in [2.24, 2.45) is 4.99 Å². The smallest absolute Gasteiger partial charge is 0.191 e. The van der Waals surface area contributed by atoms with Gasteiger partial charge in [-0.1, -0.05) is 13.3 Å². The fourth-order valence-electron chi connectivity index (χ4n) is 2.22. The van der Waals surface area contributed by atoms with Gasteiger partial charge in [0.1, 0.15) is 17.3 Å². The molecule has 0 radical (unpaired) electrons. The number of hydrogen-bond acceptors (Lipinski definition) is 3. The number of guanidine groups is 1. The second kappa shape index (κ2) is 9.08. The Bertz CT molecular complexity index is 587. The standard InChI is InChI=1S/C18H27N3O2/c1-4-5-11-19-18(20-12-10-16-7-6-13-22-16)21-15(3)17-9-8-14(2)23-17/h6-9,13,15H,4-5,10-12H2,1-3H3,(H2,19,20,21). The molecule has 0 spiro atoms. The summed E-state index contributed by atoms with van der Waals surface area (Å²) < 4.78 is 11.0. The summed E-state index contributed by atoms with van der Waals surface area (Å²) in [7, 11) is 0. The number of nitrogens with zero attached hydrogens (tertiary/aromatic N) is 1. The van der Waals surface area contributed by atoms with Crippen molar-refractivity contribution in [3.63, 3.8) is 0 Å². The molecule has 0 saturated heterocycles. The Morgan fingerprint density at radius 3 is 2.83 bits per heavy atom. The van der Waals surface area contributed by atoms with Crippen molar-refractivity contribution in [1.82, 2.24) is 10.6 Å². The lowest BCUT2D eigenvalue weighted by atomic mass is 10.2. The van der Waals surface area contributed by atoms with Crippen molar-refractivity contribution in [2.45, 2.75) is 46.1 Å². The molecule has 0 aliphatic carbocycles. The van der Waals surface area contributed by atoms with Gasteiger partial charge >= 0.3 is 0 Å². The lowest BCUT2D eigenvalue weighted by molar-refractivity contribution is 0.440. The van der Waals surface area contributed by atoms with Gasteiger partial charge in [-0.2, -0.15) is 0 Å². The average Bonchev–Trinajstić information content (AvgIpc) is 3.19. The van der Waals surface area contributed by atoms with Crippen LogP contribution in [0.5, 0.6) is 0 Å². The summed E-state index contributed by atoms with van der Waals surface area (Å²) in [5.74, 6) is 3.62. The number of rotatable bonds is 8. The van der Waals surface area contributed by atoms with E-state index in [1.165, 1.54) is 0 Å². The van der Waals surface area contributed by atoms with Gasteiger partial charge in [-0.15, -0.1) is 0 Å². The molecule has 1 atom stereocenters. The van der Waals surface area contributed by atoms with E-state index in [-0.39, 0.29) is 6.04 Å². The summed E-state index contributed by atoms with van der Waals surface area (Å²) in [4.78, 5) is 4.63. The first-order valence-corrected chi connectivity index (χ1v) is 8.32. The van der Waals surface area contributed by atoms with E-state index in [9.17, 15) is 0 Å². The maximum absolute atomic E-state index is 5.67. The largest absolute Gasteiger partial charge is 0.469 e. The van der Waals surface area contributed by atoms with Gasteiger partial charge < -0.3 is 19.5 Å². The molecule has 2 heterocycles. The minimum absolute atomic E-state index is 0.0696. The van der Waals surface area contributed by atoms with E-state index < -0.39 is 0 Å². The van der Waals surface area contributed by atoms with Gasteiger partial charge in [0.15, 0.2) is 5.96 Å². The molecule has 5 heteroatoms. The summed E-state index contributed by atoms with van der Waals surface area (Å²) in [6, 6.07) is 7.94. The van der Waals surface area contributed by atoms with E-state index in [0.717, 1.165) is 55.6 Å². The van der Waals surface area contributed by atoms with Gasteiger partial charge in [-0.25, -0.2) is 0 Å². The van der Waals surface area contributed by atoms with Gasteiger partial charge in [0.05, 0.1) is 12.3 Å². The number of hydrogen-bond donors (Lipinski definition) is 2. The zero-order chi connectivity index (χ0) is 16.5. The third-order valence-corrected chi connectivity index (χ3v) is 3.57. The van der Waals surface area contributed by atoms with E-state index in [4.69, 9.17) is 8.83 Å². The molecule has 0 aromatic carbocycles. The Morgan fingerprint density at radius 2 is 2.17 bits per heavy atom. The number of aliphatic imine (C=N–C) groups is 1. The lowest BCUT2D eigenvalue weighted by Crippen LogP contribution is -2.39. The zero-order valence-electron chi connectivity index (χ0n) is 14.3. The quantitative estimate of drug-likeness (QED) is 0.441. The average molecular weight is 317 g/mol. The molecule has 2 aromatic rings. The fraction of sp³-hybridized carbons (Fsp3) is 0.500. The summed E-state index contributed by atoms with van der Waals surface area (Å²) in [6.45, 7) is 7.78. The lowest BCUT2D eigenvalue weighted by Gasteiger charge is -2.16. The molecule has 2 N–H and O–H groups in total. The molecule has 0 bridgehead atoms. The topological polar surface area (TPSA) is 62.7 Å². The van der Waals surface area contributed by atoms with E-state index >= 15 is 0 Å². The molecule has 5 nitrogen and oxygen atoms in total. The highest BCUT2D eigenvalue weighted by molar-refractivity contribution is 5.80. The van der Waals surface area contributed by atoms with Crippen LogP contribution in [0.1, 0.15) is 50.0 Å². The van der Waals surface area contributed by atoms with E-state index in [1.807, 2.05) is 31.2 Å². The Kier molecular flexibility index (Phi) is 6.78. The highest BCUT2D eigenvalue weighted by atomic mass is 16.3. The maximum Gasteiger partial charge on any atom is 0.191 e. The Morgan fingerprint density at radius 1 is 1.30 bits per heavy atom. The Labute approximate surface area is 138 Å². The van der Waals surface area contributed by atoms with Gasteiger partial charge in [-0.05, 0) is 44.5 Å². The molecule has 2 aromatic heterocycles. The molecule has 0 aliphatic heterocycles. The highest BCUT2D eigenvalue weighted by Crippen LogP contribution is 2.15. The number of aryl methyl sites for hydroxylation is 1. The van der Waals surface area contributed by atoms with Crippen LogP contribution in [0.25, 0.3) is 0 Å². The summed E-state index contributed by atoms with van der Waals surface area (Å²) >= 11 is 0. The van der Waals surface area contributed by atoms with Crippen molar-refractivity contribution in [2.75, 3.05) is 13.1 Å². The van der Waals surface area contributed by atoms with Crippen LogP contribution in [0.15, 0.2) is 44.4 Å². The van der Waals surface area contributed by atoms with E-state index in [2.05, 4.69) is 29.5 Å². The minimum Gasteiger partial charge on any atom is -0.469 e. The van der Waals surface area contributed by atoms with Crippen molar-refractivity contribution in [1.29, 1.82) is 0 Å². The van der Waals surface area contributed by atoms with Gasteiger partial charge in [0.2, 0.25) is 0 Å². The number of nitrogens with one attached hydrogen (secondary N) is 2. The summed E-state index contributed by atoms with van der Waals surface area (Å²) in [6.07, 6.45) is 4.75. The first-order valence-electron chi connectivity index (χ1n) is 8.32. The van der Waals surface area contributed by atoms with Crippen molar-refractivity contribution in [3.05, 3.63) is 47.8 Å². The molecule has 0 fully saturated rings. The third kappa shape index (κ3) is 5.85. The van der Waals surface area contributed by atoms with Gasteiger partial charge in [0, 0.05) is 19.5 Å². The summed E-state index contributed by atoms with van der Waals surface area (Å²) in [5.41, 5.74) is 0. The highest BCUT2D eigenvalue weighted by Gasteiger charge is 2.11. The van der Waals surface area contributed by atoms with Crippen molar-refractivity contribution < 1.29 is 8.83 Å². The second-order valence-electron chi connectivity index (χ2n) is 5.65. The molecule has 23 heavy (non-hydrogen) atoms. The van der Waals surface area contributed by atoms with Crippen molar-refractivity contribution in [3.8, 4) is 0 Å².